The standard InChI is InChI=1S/C16H26BrN/c1-3-4-5-6-7-10-13-16(2,18)14-11-8-9-12-15(14)17/h8-9,11-12H,3-7,10,13,18H2,1-2H3. The molecule has 1 aromatic rings. The molecule has 0 heterocycles. The van der Waals surface area contributed by atoms with E-state index >= 15 is 0 Å². The van der Waals surface area contributed by atoms with Crippen molar-refractivity contribution in [1.29, 1.82) is 0 Å². The molecule has 102 valence electrons. The van der Waals surface area contributed by atoms with Crippen molar-refractivity contribution in [2.75, 3.05) is 0 Å². The van der Waals surface area contributed by atoms with Gasteiger partial charge in [-0.3, -0.25) is 0 Å². The molecule has 0 saturated carbocycles. The van der Waals surface area contributed by atoms with Crippen LogP contribution in [-0.2, 0) is 5.54 Å². The van der Waals surface area contributed by atoms with E-state index in [1.165, 1.54) is 44.1 Å². The Hall–Kier alpha value is -0.340. The Labute approximate surface area is 120 Å². The SMILES string of the molecule is CCCCCCCCC(C)(N)c1ccccc1Br. The third-order valence-electron chi connectivity index (χ3n) is 3.54. The van der Waals surface area contributed by atoms with Crippen LogP contribution in [0.15, 0.2) is 28.7 Å². The summed E-state index contributed by atoms with van der Waals surface area (Å²) in [4.78, 5) is 0. The van der Waals surface area contributed by atoms with Gasteiger partial charge >= 0.3 is 0 Å². The molecule has 18 heavy (non-hydrogen) atoms. The summed E-state index contributed by atoms with van der Waals surface area (Å²) in [7, 11) is 0. The Morgan fingerprint density at radius 1 is 1.06 bits per heavy atom. The van der Waals surface area contributed by atoms with Crippen molar-refractivity contribution in [3.8, 4) is 0 Å². The van der Waals surface area contributed by atoms with Crippen LogP contribution < -0.4 is 5.73 Å². The Kier molecular flexibility index (Phi) is 6.95. The second-order valence-electron chi connectivity index (χ2n) is 5.42. The topological polar surface area (TPSA) is 26.0 Å². The lowest BCUT2D eigenvalue weighted by molar-refractivity contribution is 0.420. The first-order valence-electron chi connectivity index (χ1n) is 7.12. The predicted molar refractivity (Wildman–Crippen MR) is 83.7 cm³/mol. The van der Waals surface area contributed by atoms with Crippen molar-refractivity contribution in [2.24, 2.45) is 5.73 Å². The fourth-order valence-corrected chi connectivity index (χ4v) is 3.07. The van der Waals surface area contributed by atoms with Gasteiger partial charge in [-0.05, 0) is 25.0 Å². The van der Waals surface area contributed by atoms with Gasteiger partial charge in [-0.1, -0.05) is 79.6 Å². The van der Waals surface area contributed by atoms with Crippen LogP contribution in [0, 0.1) is 0 Å². The van der Waals surface area contributed by atoms with E-state index in [0.717, 1.165) is 10.9 Å². The zero-order chi connectivity index (χ0) is 13.4. The smallest absolute Gasteiger partial charge is 0.0392 e. The van der Waals surface area contributed by atoms with E-state index in [9.17, 15) is 0 Å². The lowest BCUT2D eigenvalue weighted by Crippen LogP contribution is -2.33. The molecule has 1 atom stereocenters. The average molecular weight is 312 g/mol. The number of unbranched alkanes of at least 4 members (excludes halogenated alkanes) is 5. The molecular formula is C16H26BrN. The monoisotopic (exact) mass is 311 g/mol. The molecule has 1 unspecified atom stereocenters. The number of hydrogen-bond acceptors (Lipinski definition) is 1. The van der Waals surface area contributed by atoms with Gasteiger partial charge in [0.05, 0.1) is 0 Å². The average Bonchev–Trinajstić information content (AvgIpc) is 2.34. The number of halogens is 1. The maximum atomic E-state index is 6.45. The lowest BCUT2D eigenvalue weighted by atomic mass is 9.87. The summed E-state index contributed by atoms with van der Waals surface area (Å²) in [6.07, 6.45) is 8.97. The molecule has 0 spiro atoms. The quantitative estimate of drug-likeness (QED) is 0.641. The molecule has 0 aliphatic rings. The molecule has 1 nitrogen and oxygen atoms in total. The molecule has 0 aliphatic heterocycles. The van der Waals surface area contributed by atoms with Crippen molar-refractivity contribution in [1.82, 2.24) is 0 Å². The zero-order valence-corrected chi connectivity index (χ0v) is 13.3. The Morgan fingerprint density at radius 2 is 1.67 bits per heavy atom. The van der Waals surface area contributed by atoms with Crippen molar-refractivity contribution < 1.29 is 0 Å². The molecular weight excluding hydrogens is 286 g/mol. The number of rotatable bonds is 8. The van der Waals surface area contributed by atoms with Crippen LogP contribution in [0.2, 0.25) is 0 Å². The van der Waals surface area contributed by atoms with Crippen LogP contribution in [-0.4, -0.2) is 0 Å². The maximum Gasteiger partial charge on any atom is 0.0392 e. The summed E-state index contributed by atoms with van der Waals surface area (Å²) in [5, 5.41) is 0. The summed E-state index contributed by atoms with van der Waals surface area (Å²) < 4.78 is 1.13. The third-order valence-corrected chi connectivity index (χ3v) is 4.23. The van der Waals surface area contributed by atoms with Crippen LogP contribution in [0.4, 0.5) is 0 Å². The van der Waals surface area contributed by atoms with E-state index in [-0.39, 0.29) is 5.54 Å². The van der Waals surface area contributed by atoms with Gasteiger partial charge in [0.25, 0.3) is 0 Å². The molecule has 2 N–H and O–H groups in total. The number of benzene rings is 1. The highest BCUT2D eigenvalue weighted by atomic mass is 79.9. The Balaban J connectivity index is 2.38. The van der Waals surface area contributed by atoms with Gasteiger partial charge < -0.3 is 5.73 Å². The van der Waals surface area contributed by atoms with Gasteiger partial charge in [-0.15, -0.1) is 0 Å². The molecule has 1 aromatic carbocycles. The molecule has 2 heteroatoms. The molecule has 1 rings (SSSR count). The number of hydrogen-bond donors (Lipinski definition) is 1. The Bertz CT molecular complexity index is 347. The molecule has 0 amide bonds. The van der Waals surface area contributed by atoms with Crippen molar-refractivity contribution in [2.45, 2.75) is 64.3 Å². The largest absolute Gasteiger partial charge is 0.322 e. The molecule has 0 saturated heterocycles. The minimum absolute atomic E-state index is 0.217. The summed E-state index contributed by atoms with van der Waals surface area (Å²) in [5.74, 6) is 0. The zero-order valence-electron chi connectivity index (χ0n) is 11.7. The summed E-state index contributed by atoms with van der Waals surface area (Å²) in [5.41, 5.74) is 7.45. The maximum absolute atomic E-state index is 6.45. The summed E-state index contributed by atoms with van der Waals surface area (Å²) >= 11 is 3.60. The van der Waals surface area contributed by atoms with Crippen LogP contribution in [0.25, 0.3) is 0 Å². The third kappa shape index (κ3) is 5.11. The molecule has 0 radical (unpaired) electrons. The lowest BCUT2D eigenvalue weighted by Gasteiger charge is -2.26. The highest BCUT2D eigenvalue weighted by Crippen LogP contribution is 2.30. The van der Waals surface area contributed by atoms with E-state index in [4.69, 9.17) is 5.73 Å². The van der Waals surface area contributed by atoms with Gasteiger partial charge in [0, 0.05) is 10.0 Å². The van der Waals surface area contributed by atoms with Crippen LogP contribution >= 0.6 is 15.9 Å². The minimum Gasteiger partial charge on any atom is -0.322 e. The normalized spacial score (nSPS) is 14.4. The van der Waals surface area contributed by atoms with E-state index in [2.05, 4.69) is 48.0 Å². The fourth-order valence-electron chi connectivity index (χ4n) is 2.33. The second kappa shape index (κ2) is 7.96. The fraction of sp³-hybridized carbons (Fsp3) is 0.625. The van der Waals surface area contributed by atoms with Gasteiger partial charge in [-0.2, -0.15) is 0 Å². The molecule has 0 aromatic heterocycles. The van der Waals surface area contributed by atoms with Crippen LogP contribution in [0.3, 0.4) is 0 Å². The molecule has 0 aliphatic carbocycles. The van der Waals surface area contributed by atoms with Crippen molar-refractivity contribution in [3.63, 3.8) is 0 Å². The first-order chi connectivity index (χ1) is 8.58. The van der Waals surface area contributed by atoms with E-state index in [1.807, 2.05) is 6.07 Å². The van der Waals surface area contributed by atoms with Gasteiger partial charge in [0.1, 0.15) is 0 Å². The summed E-state index contributed by atoms with van der Waals surface area (Å²) in [6, 6.07) is 8.30. The Morgan fingerprint density at radius 3 is 2.33 bits per heavy atom. The van der Waals surface area contributed by atoms with Gasteiger partial charge in [0.2, 0.25) is 0 Å². The molecule has 0 fully saturated rings. The van der Waals surface area contributed by atoms with E-state index in [0.29, 0.717) is 0 Å². The minimum atomic E-state index is -0.217. The molecule has 0 bridgehead atoms. The van der Waals surface area contributed by atoms with Crippen LogP contribution in [0.5, 0.6) is 0 Å². The summed E-state index contributed by atoms with van der Waals surface area (Å²) in [6.45, 7) is 4.39. The van der Waals surface area contributed by atoms with E-state index < -0.39 is 0 Å². The first-order valence-corrected chi connectivity index (χ1v) is 7.91. The van der Waals surface area contributed by atoms with Gasteiger partial charge in [-0.25, -0.2) is 0 Å². The van der Waals surface area contributed by atoms with E-state index in [1.54, 1.807) is 0 Å². The van der Waals surface area contributed by atoms with Gasteiger partial charge in [0.15, 0.2) is 0 Å². The van der Waals surface area contributed by atoms with Crippen LogP contribution in [0.1, 0.15) is 64.4 Å². The highest BCUT2D eigenvalue weighted by molar-refractivity contribution is 9.10. The first kappa shape index (κ1) is 15.7. The number of nitrogens with two attached hydrogens (primary N) is 1. The second-order valence-corrected chi connectivity index (χ2v) is 6.27. The highest BCUT2D eigenvalue weighted by Gasteiger charge is 2.22. The van der Waals surface area contributed by atoms with Crippen molar-refractivity contribution >= 4 is 15.9 Å². The van der Waals surface area contributed by atoms with Crippen molar-refractivity contribution in [3.05, 3.63) is 34.3 Å². The predicted octanol–water partition coefficient (Wildman–Crippen LogP) is 5.37.